The van der Waals surface area contributed by atoms with Gasteiger partial charge in [-0.2, -0.15) is 0 Å². The normalized spacial score (nSPS) is 20.2. The third-order valence-electron chi connectivity index (χ3n) is 4.79. The van der Waals surface area contributed by atoms with E-state index in [0.29, 0.717) is 17.8 Å². The van der Waals surface area contributed by atoms with Crippen molar-refractivity contribution >= 4 is 17.6 Å². The van der Waals surface area contributed by atoms with Crippen LogP contribution in [0.5, 0.6) is 0 Å². The van der Waals surface area contributed by atoms with E-state index in [0.717, 1.165) is 17.1 Å². The fourth-order valence-electron chi connectivity index (χ4n) is 3.47. The SMILES string of the molecule is Nc1nccc(-c2cc3c(n2C2=CC=C2)C(C2=CC=C2)CNC3=O)n1. The van der Waals surface area contributed by atoms with Gasteiger partial charge in [-0.25, -0.2) is 9.97 Å². The summed E-state index contributed by atoms with van der Waals surface area (Å²) in [5, 5.41) is 2.99. The van der Waals surface area contributed by atoms with Crippen molar-refractivity contribution in [3.05, 3.63) is 71.6 Å². The minimum atomic E-state index is -0.0546. The van der Waals surface area contributed by atoms with E-state index in [9.17, 15) is 4.79 Å². The van der Waals surface area contributed by atoms with Gasteiger partial charge in [0.1, 0.15) is 0 Å². The van der Waals surface area contributed by atoms with Crippen LogP contribution in [0.2, 0.25) is 0 Å². The molecule has 1 aliphatic heterocycles. The number of aromatic nitrogens is 3. The number of fused-ring (bicyclic) bond motifs is 1. The Morgan fingerprint density at radius 1 is 1.24 bits per heavy atom. The molecule has 1 atom stereocenters. The molecule has 6 heteroatoms. The fraction of sp³-hybridized carbons (Fsp3) is 0.105. The first-order chi connectivity index (χ1) is 12.2. The molecule has 1 unspecified atom stereocenters. The molecule has 2 aromatic rings. The minimum Gasteiger partial charge on any atom is -0.368 e. The Balaban J connectivity index is 1.76. The molecular formula is C19H15N5O. The van der Waals surface area contributed by atoms with Crippen LogP contribution in [0.3, 0.4) is 0 Å². The van der Waals surface area contributed by atoms with Gasteiger partial charge in [-0.15, -0.1) is 0 Å². The highest BCUT2D eigenvalue weighted by molar-refractivity contribution is 5.99. The molecule has 0 saturated carbocycles. The zero-order chi connectivity index (χ0) is 17.0. The van der Waals surface area contributed by atoms with Gasteiger partial charge < -0.3 is 15.6 Å². The smallest absolute Gasteiger partial charge is 0.253 e. The molecule has 122 valence electrons. The van der Waals surface area contributed by atoms with E-state index < -0.39 is 0 Å². The summed E-state index contributed by atoms with van der Waals surface area (Å²) in [7, 11) is 0. The number of amides is 1. The van der Waals surface area contributed by atoms with Crippen molar-refractivity contribution < 1.29 is 4.79 Å². The van der Waals surface area contributed by atoms with Crippen molar-refractivity contribution in [3.8, 4) is 11.4 Å². The van der Waals surface area contributed by atoms with E-state index in [1.807, 2.05) is 36.4 Å². The summed E-state index contributed by atoms with van der Waals surface area (Å²) in [6, 6.07) is 3.71. The van der Waals surface area contributed by atoms with Gasteiger partial charge in [-0.05, 0) is 29.9 Å². The van der Waals surface area contributed by atoms with Crippen molar-refractivity contribution in [2.24, 2.45) is 0 Å². The molecule has 2 aromatic heterocycles. The summed E-state index contributed by atoms with van der Waals surface area (Å²) >= 11 is 0. The lowest BCUT2D eigenvalue weighted by Gasteiger charge is -2.29. The van der Waals surface area contributed by atoms with Crippen molar-refractivity contribution in [2.45, 2.75) is 5.92 Å². The van der Waals surface area contributed by atoms with Gasteiger partial charge in [0.15, 0.2) is 0 Å². The number of nitrogens with one attached hydrogen (secondary N) is 1. The number of allylic oxidation sites excluding steroid dienone is 7. The van der Waals surface area contributed by atoms with Crippen LogP contribution in [0, 0.1) is 0 Å². The second-order valence-corrected chi connectivity index (χ2v) is 6.20. The molecule has 5 rings (SSSR count). The van der Waals surface area contributed by atoms with Crippen molar-refractivity contribution in [2.75, 3.05) is 12.3 Å². The van der Waals surface area contributed by atoms with E-state index in [1.165, 1.54) is 5.57 Å². The molecule has 3 N–H and O–H groups in total. The zero-order valence-corrected chi connectivity index (χ0v) is 13.3. The van der Waals surface area contributed by atoms with Gasteiger partial charge in [0.25, 0.3) is 5.91 Å². The quantitative estimate of drug-likeness (QED) is 0.904. The third-order valence-corrected chi connectivity index (χ3v) is 4.79. The highest BCUT2D eigenvalue weighted by Crippen LogP contribution is 2.40. The molecule has 0 fully saturated rings. The first-order valence-electron chi connectivity index (χ1n) is 8.12. The Labute approximate surface area is 144 Å². The van der Waals surface area contributed by atoms with Crippen molar-refractivity contribution in [1.82, 2.24) is 19.9 Å². The molecule has 3 aliphatic rings. The van der Waals surface area contributed by atoms with E-state index in [-0.39, 0.29) is 17.8 Å². The number of rotatable bonds is 3. The van der Waals surface area contributed by atoms with E-state index in [1.54, 1.807) is 6.20 Å². The van der Waals surface area contributed by atoms with Gasteiger partial charge in [-0.3, -0.25) is 4.79 Å². The molecule has 0 aromatic carbocycles. The Kier molecular flexibility index (Phi) is 2.82. The zero-order valence-electron chi connectivity index (χ0n) is 13.3. The summed E-state index contributed by atoms with van der Waals surface area (Å²) < 4.78 is 2.12. The number of nitrogen functional groups attached to an aromatic ring is 1. The van der Waals surface area contributed by atoms with Crippen molar-refractivity contribution in [1.29, 1.82) is 0 Å². The second-order valence-electron chi connectivity index (χ2n) is 6.20. The van der Waals surface area contributed by atoms with Crippen molar-refractivity contribution in [3.63, 3.8) is 0 Å². The minimum absolute atomic E-state index is 0.0546. The monoisotopic (exact) mass is 329 g/mol. The molecule has 1 amide bonds. The van der Waals surface area contributed by atoms with Crippen LogP contribution in [0.15, 0.2) is 60.4 Å². The lowest BCUT2D eigenvalue weighted by molar-refractivity contribution is 0.0942. The lowest BCUT2D eigenvalue weighted by atomic mass is 9.86. The average Bonchev–Trinajstić information content (AvgIpc) is 2.88. The molecule has 25 heavy (non-hydrogen) atoms. The topological polar surface area (TPSA) is 85.8 Å². The maximum absolute atomic E-state index is 12.5. The number of carbonyl (C=O) groups excluding carboxylic acids is 1. The number of hydrogen-bond donors (Lipinski definition) is 2. The number of anilines is 1. The molecule has 0 bridgehead atoms. The van der Waals surface area contributed by atoms with Crippen LogP contribution < -0.4 is 11.1 Å². The predicted octanol–water partition coefficient (Wildman–Crippen LogP) is 2.26. The maximum Gasteiger partial charge on any atom is 0.253 e. The van der Waals surface area contributed by atoms with Gasteiger partial charge in [0.2, 0.25) is 5.95 Å². The molecular weight excluding hydrogens is 314 g/mol. The Morgan fingerprint density at radius 3 is 2.68 bits per heavy atom. The number of nitrogens with two attached hydrogens (primary N) is 1. The lowest BCUT2D eigenvalue weighted by Crippen LogP contribution is -2.36. The molecule has 3 heterocycles. The highest BCUT2D eigenvalue weighted by atomic mass is 16.1. The molecule has 0 spiro atoms. The molecule has 0 saturated heterocycles. The van der Waals surface area contributed by atoms with Crippen LogP contribution in [0.25, 0.3) is 17.1 Å². The van der Waals surface area contributed by atoms with Crippen LogP contribution in [-0.4, -0.2) is 27.0 Å². The molecule has 2 aliphatic carbocycles. The van der Waals surface area contributed by atoms with E-state index in [4.69, 9.17) is 5.73 Å². The summed E-state index contributed by atoms with van der Waals surface area (Å²) in [5.41, 5.74) is 11.3. The number of nitrogens with zero attached hydrogens (tertiary/aromatic N) is 3. The van der Waals surface area contributed by atoms with E-state index in [2.05, 4.69) is 32.0 Å². The number of carbonyl (C=O) groups is 1. The van der Waals surface area contributed by atoms with E-state index >= 15 is 0 Å². The predicted molar refractivity (Wildman–Crippen MR) is 95.6 cm³/mol. The summed E-state index contributed by atoms with van der Waals surface area (Å²) in [6.07, 6.45) is 13.9. The Bertz CT molecular complexity index is 1040. The molecule has 0 radical (unpaired) electrons. The van der Waals surface area contributed by atoms with Gasteiger partial charge in [0.05, 0.1) is 17.0 Å². The number of hydrogen-bond acceptors (Lipinski definition) is 4. The van der Waals surface area contributed by atoms with Crippen LogP contribution >= 0.6 is 0 Å². The van der Waals surface area contributed by atoms with Crippen LogP contribution in [-0.2, 0) is 0 Å². The highest BCUT2D eigenvalue weighted by Gasteiger charge is 2.34. The first kappa shape index (κ1) is 14.0. The largest absolute Gasteiger partial charge is 0.368 e. The van der Waals surface area contributed by atoms with Gasteiger partial charge in [0, 0.05) is 30.1 Å². The van der Waals surface area contributed by atoms with Gasteiger partial charge >= 0.3 is 0 Å². The van der Waals surface area contributed by atoms with Crippen LogP contribution in [0.4, 0.5) is 5.95 Å². The van der Waals surface area contributed by atoms with Crippen LogP contribution in [0.1, 0.15) is 22.0 Å². The average molecular weight is 329 g/mol. The standard InChI is InChI=1S/C19H15N5O/c20-19-21-8-7-15(23-19)16-9-13-17(24(16)12-5-2-6-12)14(10-22-18(13)25)11-3-1-4-11/h1-9,14H,10H2,(H,22,25)(H2,20,21,23). The first-order valence-corrected chi connectivity index (χ1v) is 8.12. The summed E-state index contributed by atoms with van der Waals surface area (Å²) in [5.74, 6) is 0.286. The Hall–Kier alpha value is -3.41. The van der Waals surface area contributed by atoms with Gasteiger partial charge in [-0.1, -0.05) is 24.3 Å². The maximum atomic E-state index is 12.5. The fourth-order valence-corrected chi connectivity index (χ4v) is 3.47. The second kappa shape index (κ2) is 5.04. The summed E-state index contributed by atoms with van der Waals surface area (Å²) in [6.45, 7) is 0.592. The third kappa shape index (κ3) is 2.00. The Morgan fingerprint density at radius 2 is 2.04 bits per heavy atom. The molecule has 6 nitrogen and oxygen atoms in total. The summed E-state index contributed by atoms with van der Waals surface area (Å²) in [4.78, 5) is 20.8.